The molecule has 1 amide bonds. The van der Waals surface area contributed by atoms with E-state index in [9.17, 15) is 14.9 Å². The van der Waals surface area contributed by atoms with E-state index in [2.05, 4.69) is 10.6 Å². The standard InChI is InChI=1S/C18H19N3O4S/c1-11(2)25-15-8-5-13(6-9-15)17(22)20-18(26)19-14-7-4-12(3)16(10-14)21(23)24/h4-11H,1-3H3,(H2,19,20,22,26). The SMILES string of the molecule is Cc1ccc(NC(=S)NC(=O)c2ccc(OC(C)C)cc2)cc1[N+](=O)[O-]. The molecule has 26 heavy (non-hydrogen) atoms. The minimum Gasteiger partial charge on any atom is -0.491 e. The molecule has 2 aromatic rings. The van der Waals surface area contributed by atoms with E-state index in [1.54, 1.807) is 43.3 Å². The van der Waals surface area contributed by atoms with Crippen LogP contribution < -0.4 is 15.4 Å². The van der Waals surface area contributed by atoms with Crippen molar-refractivity contribution in [3.8, 4) is 5.75 Å². The van der Waals surface area contributed by atoms with Crippen LogP contribution >= 0.6 is 12.2 Å². The van der Waals surface area contributed by atoms with Crippen LogP contribution in [0.4, 0.5) is 11.4 Å². The second kappa shape index (κ2) is 8.39. The Morgan fingerprint density at radius 2 is 1.85 bits per heavy atom. The molecular weight excluding hydrogens is 354 g/mol. The van der Waals surface area contributed by atoms with E-state index in [1.807, 2.05) is 13.8 Å². The fourth-order valence-electron chi connectivity index (χ4n) is 2.18. The Bertz CT molecular complexity index is 835. The summed E-state index contributed by atoms with van der Waals surface area (Å²) in [4.78, 5) is 22.7. The number of ether oxygens (including phenoxy) is 1. The lowest BCUT2D eigenvalue weighted by Gasteiger charge is -2.11. The van der Waals surface area contributed by atoms with E-state index >= 15 is 0 Å². The molecule has 0 heterocycles. The summed E-state index contributed by atoms with van der Waals surface area (Å²) in [5.74, 6) is 0.282. The van der Waals surface area contributed by atoms with Crippen molar-refractivity contribution in [1.82, 2.24) is 5.32 Å². The van der Waals surface area contributed by atoms with Gasteiger partial charge in [-0.2, -0.15) is 0 Å². The minimum absolute atomic E-state index is 0.0233. The molecule has 0 spiro atoms. The van der Waals surface area contributed by atoms with Crippen molar-refractivity contribution < 1.29 is 14.5 Å². The van der Waals surface area contributed by atoms with Gasteiger partial charge in [0, 0.05) is 22.9 Å². The van der Waals surface area contributed by atoms with Gasteiger partial charge in [0.2, 0.25) is 0 Å². The summed E-state index contributed by atoms with van der Waals surface area (Å²) >= 11 is 5.10. The van der Waals surface area contributed by atoms with E-state index in [1.165, 1.54) is 6.07 Å². The summed E-state index contributed by atoms with van der Waals surface area (Å²) in [5, 5.41) is 16.3. The Balaban J connectivity index is 2.00. The molecule has 0 aliphatic heterocycles. The highest BCUT2D eigenvalue weighted by molar-refractivity contribution is 7.80. The van der Waals surface area contributed by atoms with Gasteiger partial charge in [-0.25, -0.2) is 0 Å². The van der Waals surface area contributed by atoms with Crippen LogP contribution in [-0.4, -0.2) is 22.0 Å². The Labute approximate surface area is 156 Å². The molecule has 7 nitrogen and oxygen atoms in total. The number of hydrogen-bond acceptors (Lipinski definition) is 5. The van der Waals surface area contributed by atoms with Gasteiger partial charge in [0.15, 0.2) is 5.11 Å². The maximum atomic E-state index is 12.2. The zero-order chi connectivity index (χ0) is 19.3. The average molecular weight is 373 g/mol. The topological polar surface area (TPSA) is 93.5 Å². The van der Waals surface area contributed by atoms with Crippen LogP contribution in [0.5, 0.6) is 5.75 Å². The number of carbonyl (C=O) groups is 1. The van der Waals surface area contributed by atoms with Gasteiger partial charge in [-0.15, -0.1) is 0 Å². The molecule has 8 heteroatoms. The van der Waals surface area contributed by atoms with Gasteiger partial charge < -0.3 is 10.1 Å². The third-order valence-corrected chi connectivity index (χ3v) is 3.58. The number of rotatable bonds is 5. The molecule has 0 saturated carbocycles. The molecule has 0 radical (unpaired) electrons. The molecule has 0 bridgehead atoms. The molecule has 0 aromatic heterocycles. The van der Waals surface area contributed by atoms with Gasteiger partial charge in [0.25, 0.3) is 11.6 Å². The van der Waals surface area contributed by atoms with Gasteiger partial charge in [0.05, 0.1) is 11.0 Å². The third kappa shape index (κ3) is 5.25. The molecule has 0 aliphatic carbocycles. The first-order valence-corrected chi connectivity index (χ1v) is 8.31. The van der Waals surface area contributed by atoms with Gasteiger partial charge in [-0.3, -0.25) is 20.2 Å². The molecule has 0 unspecified atom stereocenters. The summed E-state index contributed by atoms with van der Waals surface area (Å²) in [6, 6.07) is 11.3. The molecule has 2 aromatic carbocycles. The molecular formula is C18H19N3O4S. The number of benzene rings is 2. The molecule has 2 N–H and O–H groups in total. The molecule has 0 saturated heterocycles. The summed E-state index contributed by atoms with van der Waals surface area (Å²) in [5.41, 5.74) is 1.36. The predicted octanol–water partition coefficient (Wildman–Crippen LogP) is 3.82. The zero-order valence-electron chi connectivity index (χ0n) is 14.6. The molecule has 0 atom stereocenters. The Kier molecular flexibility index (Phi) is 6.24. The second-order valence-corrected chi connectivity index (χ2v) is 6.27. The monoisotopic (exact) mass is 373 g/mol. The maximum Gasteiger partial charge on any atom is 0.274 e. The number of hydrogen-bond donors (Lipinski definition) is 2. The van der Waals surface area contributed by atoms with Crippen molar-refractivity contribution in [3.63, 3.8) is 0 Å². The Hall–Kier alpha value is -3.00. The van der Waals surface area contributed by atoms with E-state index in [-0.39, 0.29) is 22.8 Å². The van der Waals surface area contributed by atoms with E-state index in [0.29, 0.717) is 22.6 Å². The Morgan fingerprint density at radius 3 is 2.42 bits per heavy atom. The number of nitro benzene ring substituents is 1. The number of amides is 1. The number of nitrogens with zero attached hydrogens (tertiary/aromatic N) is 1. The first kappa shape index (κ1) is 19.3. The first-order chi connectivity index (χ1) is 12.3. The maximum absolute atomic E-state index is 12.2. The lowest BCUT2D eigenvalue weighted by Crippen LogP contribution is -2.34. The third-order valence-electron chi connectivity index (χ3n) is 3.38. The summed E-state index contributed by atoms with van der Waals surface area (Å²) in [7, 11) is 0. The largest absolute Gasteiger partial charge is 0.491 e. The zero-order valence-corrected chi connectivity index (χ0v) is 15.4. The summed E-state index contributed by atoms with van der Waals surface area (Å²) in [6.07, 6.45) is 0.0463. The van der Waals surface area contributed by atoms with Gasteiger partial charge in [-0.05, 0) is 63.3 Å². The number of nitrogens with one attached hydrogen (secondary N) is 2. The van der Waals surface area contributed by atoms with Gasteiger partial charge in [0.1, 0.15) is 5.75 Å². The number of nitro groups is 1. The van der Waals surface area contributed by atoms with Crippen molar-refractivity contribution >= 4 is 34.6 Å². The predicted molar refractivity (Wildman–Crippen MR) is 104 cm³/mol. The Morgan fingerprint density at radius 1 is 1.19 bits per heavy atom. The van der Waals surface area contributed by atoms with Crippen molar-refractivity contribution in [3.05, 3.63) is 63.7 Å². The lowest BCUT2D eigenvalue weighted by atomic mass is 10.2. The number of aryl methyl sites for hydroxylation is 1. The fourth-order valence-corrected chi connectivity index (χ4v) is 2.39. The van der Waals surface area contributed by atoms with Crippen LogP contribution in [0.2, 0.25) is 0 Å². The normalized spacial score (nSPS) is 10.3. The van der Waals surface area contributed by atoms with Crippen LogP contribution in [-0.2, 0) is 0 Å². The molecule has 136 valence electrons. The molecule has 0 aliphatic rings. The summed E-state index contributed by atoms with van der Waals surface area (Å²) < 4.78 is 5.52. The van der Waals surface area contributed by atoms with Crippen molar-refractivity contribution in [2.45, 2.75) is 26.9 Å². The average Bonchev–Trinajstić information content (AvgIpc) is 2.56. The minimum atomic E-state index is -0.469. The van der Waals surface area contributed by atoms with Crippen LogP contribution in [0.1, 0.15) is 29.8 Å². The second-order valence-electron chi connectivity index (χ2n) is 5.86. The highest BCUT2D eigenvalue weighted by Crippen LogP contribution is 2.22. The van der Waals surface area contributed by atoms with Crippen LogP contribution in [0.3, 0.4) is 0 Å². The van der Waals surface area contributed by atoms with Crippen LogP contribution in [0.15, 0.2) is 42.5 Å². The highest BCUT2D eigenvalue weighted by Gasteiger charge is 2.13. The van der Waals surface area contributed by atoms with Gasteiger partial charge in [-0.1, -0.05) is 6.07 Å². The first-order valence-electron chi connectivity index (χ1n) is 7.90. The number of carbonyl (C=O) groups excluding carboxylic acids is 1. The van der Waals surface area contributed by atoms with Crippen molar-refractivity contribution in [2.24, 2.45) is 0 Å². The summed E-state index contributed by atoms with van der Waals surface area (Å²) in [6.45, 7) is 5.48. The van der Waals surface area contributed by atoms with Crippen molar-refractivity contribution in [1.29, 1.82) is 0 Å². The quantitative estimate of drug-likeness (QED) is 0.470. The van der Waals surface area contributed by atoms with Crippen LogP contribution in [0.25, 0.3) is 0 Å². The van der Waals surface area contributed by atoms with E-state index in [4.69, 9.17) is 17.0 Å². The van der Waals surface area contributed by atoms with Gasteiger partial charge >= 0.3 is 0 Å². The highest BCUT2D eigenvalue weighted by atomic mass is 32.1. The number of thiocarbonyl (C=S) groups is 1. The van der Waals surface area contributed by atoms with Crippen molar-refractivity contribution in [2.75, 3.05) is 5.32 Å². The van der Waals surface area contributed by atoms with E-state index < -0.39 is 4.92 Å². The van der Waals surface area contributed by atoms with Crippen LogP contribution in [0, 0.1) is 17.0 Å². The lowest BCUT2D eigenvalue weighted by molar-refractivity contribution is -0.385. The fraction of sp³-hybridized carbons (Fsp3) is 0.222. The smallest absolute Gasteiger partial charge is 0.274 e. The molecule has 2 rings (SSSR count). The molecule has 0 fully saturated rings. The number of anilines is 1. The van der Waals surface area contributed by atoms with E-state index in [0.717, 1.165) is 0 Å².